The second-order valence-electron chi connectivity index (χ2n) is 11.8. The maximum Gasteiger partial charge on any atom is 0.502 e. The molecule has 18 heteroatoms. The zero-order chi connectivity index (χ0) is 39.0. The van der Waals surface area contributed by atoms with E-state index in [2.05, 4.69) is 29.6 Å². The van der Waals surface area contributed by atoms with Crippen molar-refractivity contribution in [3.05, 3.63) is 121 Å². The number of hydrogen-bond acceptors (Lipinski definition) is 8. The van der Waals surface area contributed by atoms with E-state index in [0.717, 1.165) is 18.3 Å². The first-order valence-electron chi connectivity index (χ1n) is 15.1. The quantitative estimate of drug-likeness (QED) is 0.158. The summed E-state index contributed by atoms with van der Waals surface area (Å²) in [5.74, 6) is -5.72. The van der Waals surface area contributed by atoms with Crippen LogP contribution in [-0.4, -0.2) is 33.9 Å². The Balaban J connectivity index is 1.48. The largest absolute Gasteiger partial charge is 0.502 e. The van der Waals surface area contributed by atoms with E-state index < -0.39 is 60.5 Å². The van der Waals surface area contributed by atoms with Crippen LogP contribution < -0.4 is 10.4 Å². The van der Waals surface area contributed by atoms with Gasteiger partial charge in [0, 0.05) is 51.1 Å². The molecule has 0 saturated heterocycles. The topological polar surface area (TPSA) is 142 Å². The minimum Gasteiger partial charge on any atom is -0.252 e. The number of rotatable bonds is 3. The van der Waals surface area contributed by atoms with Crippen LogP contribution in [0.15, 0.2) is 41.6 Å². The molecule has 2 aliphatic carbocycles. The summed E-state index contributed by atoms with van der Waals surface area (Å²) in [6, 6.07) is 6.52. The molecule has 2 aromatic heterocycles. The van der Waals surface area contributed by atoms with Gasteiger partial charge in [-0.05, 0) is 42.3 Å². The average molecular weight is 755 g/mol. The normalized spacial score (nSPS) is 13.7. The van der Waals surface area contributed by atoms with Gasteiger partial charge in [-0.25, -0.2) is 56.2 Å². The van der Waals surface area contributed by atoms with Gasteiger partial charge >= 0.3 is 5.51 Å². The van der Waals surface area contributed by atoms with Gasteiger partial charge in [0.05, 0.1) is 71.8 Å². The summed E-state index contributed by atoms with van der Waals surface area (Å²) in [5, 5.41) is 20.3. The van der Waals surface area contributed by atoms with Crippen molar-refractivity contribution < 1.29 is 39.2 Å². The molecule has 10 nitrogen and oxygen atoms in total. The van der Waals surface area contributed by atoms with Crippen LogP contribution in [0.4, 0.5) is 30.7 Å². The molecule has 0 N–H and O–H groups in total. The molecule has 0 saturated carbocycles. The predicted molar refractivity (Wildman–Crippen MR) is 173 cm³/mol. The molecule has 3 aromatic carbocycles. The molecule has 0 spiro atoms. The minimum atomic E-state index is -6.40. The highest BCUT2D eigenvalue weighted by Gasteiger charge is 2.50. The lowest BCUT2D eigenvalue weighted by molar-refractivity contribution is -0.0439. The molecule has 2 heterocycles. The fraction of sp³-hybridized carbons (Fsp3) is 0.111. The molecule has 2 aliphatic rings. The van der Waals surface area contributed by atoms with E-state index >= 15 is 0 Å². The van der Waals surface area contributed by atoms with E-state index in [1.165, 1.54) is 13.1 Å². The number of alkyl halides is 3. The molecular weight excluding hydrogens is 742 g/mol. The summed E-state index contributed by atoms with van der Waals surface area (Å²) in [4.78, 5) is 22.4. The molecule has 0 bridgehead atoms. The molecule has 7 rings (SSSR count). The highest BCUT2D eigenvalue weighted by atomic mass is 32.2. The summed E-state index contributed by atoms with van der Waals surface area (Å²) in [6.07, 6.45) is 1.87. The van der Waals surface area contributed by atoms with Crippen molar-refractivity contribution in [2.24, 2.45) is 0 Å². The lowest BCUT2D eigenvalue weighted by atomic mass is 9.92. The van der Waals surface area contributed by atoms with E-state index in [1.54, 1.807) is 0 Å². The first-order valence-corrected chi connectivity index (χ1v) is 16.5. The highest BCUT2D eigenvalue weighted by molar-refractivity contribution is 7.92. The Labute approximate surface area is 299 Å². The number of fused-ring (bicyclic) bond motifs is 6. The summed E-state index contributed by atoms with van der Waals surface area (Å²) < 4.78 is 122. The third kappa shape index (κ3) is 5.15. The minimum absolute atomic E-state index is 0.00338. The van der Waals surface area contributed by atoms with Crippen molar-refractivity contribution in [2.75, 3.05) is 0 Å². The number of halogens is 7. The molecule has 0 fully saturated rings. The van der Waals surface area contributed by atoms with Gasteiger partial charge in [0.15, 0.2) is 0 Å². The van der Waals surface area contributed by atoms with Gasteiger partial charge in [0.2, 0.25) is 0 Å². The van der Waals surface area contributed by atoms with Crippen molar-refractivity contribution in [2.45, 2.75) is 30.2 Å². The van der Waals surface area contributed by atoms with Gasteiger partial charge in [-0.1, -0.05) is 0 Å². The lowest BCUT2D eigenvalue weighted by Crippen LogP contribution is -2.26. The van der Waals surface area contributed by atoms with Crippen molar-refractivity contribution in [3.8, 4) is 57.2 Å². The molecule has 5 aromatic rings. The van der Waals surface area contributed by atoms with Crippen molar-refractivity contribution >= 4 is 21.2 Å². The van der Waals surface area contributed by atoms with Crippen LogP contribution in [-0.2, 0) is 22.7 Å². The van der Waals surface area contributed by atoms with Crippen LogP contribution in [0.5, 0.6) is 0 Å². The third-order valence-electron chi connectivity index (χ3n) is 8.91. The van der Waals surface area contributed by atoms with Crippen LogP contribution in [0.2, 0.25) is 0 Å². The van der Waals surface area contributed by atoms with Crippen molar-refractivity contribution in [1.29, 1.82) is 10.5 Å². The predicted octanol–water partition coefficient (Wildman–Crippen LogP) is 6.00. The third-order valence-corrected chi connectivity index (χ3v) is 10.4. The van der Waals surface area contributed by atoms with E-state index in [4.69, 9.17) is 13.1 Å². The lowest BCUT2D eigenvalue weighted by Gasteiger charge is -2.12. The van der Waals surface area contributed by atoms with E-state index in [9.17, 15) is 49.7 Å². The second kappa shape index (κ2) is 12.3. The molecule has 0 radical (unpaired) electrons. The molecule has 264 valence electrons. The smallest absolute Gasteiger partial charge is 0.252 e. The monoisotopic (exact) mass is 754 g/mol. The number of aromatic nitrogens is 4. The van der Waals surface area contributed by atoms with Gasteiger partial charge in [-0.3, -0.25) is 9.97 Å². The highest BCUT2D eigenvalue weighted by Crippen LogP contribution is 2.40. The number of nitriles is 2. The summed E-state index contributed by atoms with van der Waals surface area (Å²) >= 11 is 0. The van der Waals surface area contributed by atoms with Gasteiger partial charge in [0.1, 0.15) is 28.2 Å². The second-order valence-corrected chi connectivity index (χ2v) is 13.7. The number of sulfone groups is 1. The Morgan fingerprint density at radius 1 is 0.741 bits per heavy atom. The van der Waals surface area contributed by atoms with Crippen molar-refractivity contribution in [1.82, 2.24) is 19.9 Å². The maximum atomic E-state index is 14.8. The van der Waals surface area contributed by atoms with Crippen LogP contribution in [0.1, 0.15) is 28.1 Å². The maximum absolute atomic E-state index is 14.8. The van der Waals surface area contributed by atoms with Crippen LogP contribution in [0.3, 0.4) is 0 Å². The molecule has 0 amide bonds. The molecule has 0 unspecified atom stereocenters. The zero-order valence-electron chi connectivity index (χ0n) is 26.8. The molecule has 0 atom stereocenters. The van der Waals surface area contributed by atoms with Gasteiger partial charge in [-0.15, -0.1) is 0 Å². The van der Waals surface area contributed by atoms with E-state index in [0.29, 0.717) is 12.1 Å². The molecule has 54 heavy (non-hydrogen) atoms. The Morgan fingerprint density at radius 2 is 1.15 bits per heavy atom. The van der Waals surface area contributed by atoms with Crippen LogP contribution in [0, 0.1) is 66.0 Å². The Bertz CT molecular complexity index is 2930. The number of benzene rings is 3. The summed E-state index contributed by atoms with van der Waals surface area (Å²) in [7, 11) is -6.40. The van der Waals surface area contributed by atoms with Crippen LogP contribution >= 0.6 is 0 Å². The molecule has 0 aliphatic heterocycles. The van der Waals surface area contributed by atoms with E-state index in [-0.39, 0.29) is 90.8 Å². The van der Waals surface area contributed by atoms with Gasteiger partial charge in [-0.2, -0.15) is 13.2 Å². The zero-order valence-corrected chi connectivity index (χ0v) is 27.6. The van der Waals surface area contributed by atoms with Crippen LogP contribution in [0.25, 0.3) is 66.1 Å². The summed E-state index contributed by atoms with van der Waals surface area (Å²) in [5.41, 5.74) is -6.49. The number of hydrogen-bond donors (Lipinski definition) is 0. The molecular formula is C36H13F7N8O2S. The fourth-order valence-corrected chi connectivity index (χ4v) is 7.40. The van der Waals surface area contributed by atoms with Gasteiger partial charge < -0.3 is 0 Å². The van der Waals surface area contributed by atoms with Gasteiger partial charge in [0.25, 0.3) is 21.2 Å². The van der Waals surface area contributed by atoms with Crippen molar-refractivity contribution in [3.63, 3.8) is 0 Å². The summed E-state index contributed by atoms with van der Waals surface area (Å²) in [6.45, 7) is 16.9. The fourth-order valence-electron chi connectivity index (χ4n) is 6.54. The first kappa shape index (κ1) is 35.4. The standard InChI is InChI=1S/C36H13F7N8O2S/c1-14-19(37)4-15(5-20(14)38)27-12-48-33-23(50-27)8-17-29(25(10-44)46-2)18-9-24-34(31(18)32(30(17)33)26(11-45)47-3)49-13-28(51-24)16-6-21(39)35(22(40)7-16)54(52,53)36(41,42)43/h4-7,12-13H,8-9H2,1H3/b29-25+,32-26+. The average Bonchev–Trinajstić information content (AvgIpc) is 3.69. The Hall–Kier alpha value is -7.02. The van der Waals surface area contributed by atoms with E-state index in [1.807, 2.05) is 12.1 Å². The Kier molecular flexibility index (Phi) is 8.06. The Morgan fingerprint density at radius 3 is 1.54 bits per heavy atom. The SMILES string of the molecule is [C-]#[N+]/C(C#N)=c1\c2c(/c(=C(/C#N)[N+]#[C-])c3c1Cc1nc(-c4cc(F)c(S(=O)(=O)C(F)(F)F)c(F)c4)cnc1-3)-c1ncc(-c3cc(F)c(C)c(F)c3)nc1C2. The number of nitrogens with zero attached hydrogens (tertiary/aromatic N) is 8. The first-order chi connectivity index (χ1) is 25.6.